The van der Waals surface area contributed by atoms with Crippen LogP contribution in [-0.2, 0) is 10.0 Å². The van der Waals surface area contributed by atoms with Crippen molar-refractivity contribution < 1.29 is 17.9 Å². The van der Waals surface area contributed by atoms with Crippen LogP contribution in [-0.4, -0.2) is 27.5 Å². The summed E-state index contributed by atoms with van der Waals surface area (Å²) in [6.45, 7) is 3.71. The molecule has 128 valence electrons. The van der Waals surface area contributed by atoms with Gasteiger partial charge in [-0.15, -0.1) is 0 Å². The number of ether oxygens (including phenoxy) is 1. The second-order valence-corrected chi connectivity index (χ2v) is 7.17. The second kappa shape index (κ2) is 7.35. The highest BCUT2D eigenvalue weighted by Gasteiger charge is 2.15. The fourth-order valence-electron chi connectivity index (χ4n) is 2.04. The number of sulfonamides is 1. The topological polar surface area (TPSA) is 84.5 Å². The molecular formula is C17H20N2O4S. The molecule has 24 heavy (non-hydrogen) atoms. The smallest absolute Gasteiger partial charge is 0.261 e. The van der Waals surface area contributed by atoms with E-state index in [1.54, 1.807) is 30.3 Å². The van der Waals surface area contributed by atoms with E-state index in [1.807, 2.05) is 13.8 Å². The van der Waals surface area contributed by atoms with Crippen molar-refractivity contribution in [2.24, 2.45) is 0 Å². The molecule has 0 unspecified atom stereocenters. The molecule has 0 saturated carbocycles. The lowest BCUT2D eigenvalue weighted by atomic mass is 10.2. The normalized spacial score (nSPS) is 11.2. The predicted molar refractivity (Wildman–Crippen MR) is 92.8 cm³/mol. The van der Waals surface area contributed by atoms with Crippen LogP contribution in [0.5, 0.6) is 5.75 Å². The first-order valence-electron chi connectivity index (χ1n) is 7.39. The van der Waals surface area contributed by atoms with Crippen molar-refractivity contribution in [3.05, 3.63) is 54.1 Å². The fraction of sp³-hybridized carbons (Fsp3) is 0.235. The van der Waals surface area contributed by atoms with Gasteiger partial charge in [0.2, 0.25) is 0 Å². The number of carbonyl (C=O) groups excluding carboxylic acids is 1. The van der Waals surface area contributed by atoms with Gasteiger partial charge in [0, 0.05) is 17.3 Å². The zero-order valence-electron chi connectivity index (χ0n) is 13.7. The van der Waals surface area contributed by atoms with Gasteiger partial charge in [0.1, 0.15) is 5.75 Å². The molecule has 2 aromatic rings. The summed E-state index contributed by atoms with van der Waals surface area (Å²) in [4.78, 5) is 12.1. The van der Waals surface area contributed by atoms with Gasteiger partial charge in [-0.3, -0.25) is 9.52 Å². The van der Waals surface area contributed by atoms with Gasteiger partial charge in [0.05, 0.1) is 12.0 Å². The van der Waals surface area contributed by atoms with Crippen molar-refractivity contribution >= 4 is 21.6 Å². The van der Waals surface area contributed by atoms with Crippen molar-refractivity contribution in [3.63, 3.8) is 0 Å². The van der Waals surface area contributed by atoms with Crippen LogP contribution in [0.15, 0.2) is 53.4 Å². The Hall–Kier alpha value is -2.54. The van der Waals surface area contributed by atoms with E-state index in [0.29, 0.717) is 17.0 Å². The number of rotatable bonds is 6. The Kier molecular flexibility index (Phi) is 5.46. The number of methoxy groups -OCH3 is 1. The lowest BCUT2D eigenvalue weighted by molar-refractivity contribution is 0.0943. The zero-order valence-corrected chi connectivity index (χ0v) is 14.6. The molecule has 0 aliphatic carbocycles. The molecule has 2 N–H and O–H groups in total. The summed E-state index contributed by atoms with van der Waals surface area (Å²) in [7, 11) is -2.23. The molecule has 0 aliphatic rings. The fourth-order valence-corrected chi connectivity index (χ4v) is 3.09. The number of carbonyl (C=O) groups is 1. The number of benzene rings is 2. The van der Waals surface area contributed by atoms with Crippen molar-refractivity contribution in [2.45, 2.75) is 24.8 Å². The summed E-state index contributed by atoms with van der Waals surface area (Å²) in [5.41, 5.74) is 0.709. The number of hydrogen-bond donors (Lipinski definition) is 2. The van der Waals surface area contributed by atoms with E-state index in [9.17, 15) is 13.2 Å². The Balaban J connectivity index is 2.21. The quantitative estimate of drug-likeness (QED) is 0.840. The molecule has 2 rings (SSSR count). The van der Waals surface area contributed by atoms with Crippen LogP contribution < -0.4 is 14.8 Å². The monoisotopic (exact) mass is 348 g/mol. The average molecular weight is 348 g/mol. The van der Waals surface area contributed by atoms with Gasteiger partial charge in [0.15, 0.2) is 0 Å². The second-order valence-electron chi connectivity index (χ2n) is 5.49. The molecule has 1 amide bonds. The van der Waals surface area contributed by atoms with Crippen LogP contribution in [0.2, 0.25) is 0 Å². The molecule has 0 bridgehead atoms. The van der Waals surface area contributed by atoms with Crippen LogP contribution in [0.1, 0.15) is 24.2 Å². The van der Waals surface area contributed by atoms with Crippen LogP contribution in [0.25, 0.3) is 0 Å². The van der Waals surface area contributed by atoms with E-state index in [2.05, 4.69) is 10.0 Å². The predicted octanol–water partition coefficient (Wildman–Crippen LogP) is 2.63. The third-order valence-corrected chi connectivity index (χ3v) is 4.56. The molecule has 7 heteroatoms. The van der Waals surface area contributed by atoms with Gasteiger partial charge in [-0.1, -0.05) is 6.07 Å². The first-order chi connectivity index (χ1) is 11.3. The van der Waals surface area contributed by atoms with Gasteiger partial charge < -0.3 is 10.1 Å². The van der Waals surface area contributed by atoms with Crippen molar-refractivity contribution in [3.8, 4) is 5.75 Å². The van der Waals surface area contributed by atoms with E-state index in [1.165, 1.54) is 25.3 Å². The van der Waals surface area contributed by atoms with Gasteiger partial charge in [-0.05, 0) is 56.3 Å². The summed E-state index contributed by atoms with van der Waals surface area (Å²) in [6.07, 6.45) is 0. The van der Waals surface area contributed by atoms with Crippen molar-refractivity contribution in [1.82, 2.24) is 5.32 Å². The van der Waals surface area contributed by atoms with Gasteiger partial charge in [-0.2, -0.15) is 0 Å². The lowest BCUT2D eigenvalue weighted by Gasteiger charge is -2.11. The van der Waals surface area contributed by atoms with E-state index in [-0.39, 0.29) is 16.8 Å². The van der Waals surface area contributed by atoms with Crippen LogP contribution in [0, 0.1) is 0 Å². The number of hydrogen-bond acceptors (Lipinski definition) is 4. The zero-order chi connectivity index (χ0) is 17.7. The van der Waals surface area contributed by atoms with Gasteiger partial charge >= 0.3 is 0 Å². The molecular weight excluding hydrogens is 328 g/mol. The molecule has 0 atom stereocenters. The molecule has 0 fully saturated rings. The molecule has 0 radical (unpaired) electrons. The number of nitrogens with one attached hydrogen (secondary N) is 2. The molecule has 0 heterocycles. The summed E-state index contributed by atoms with van der Waals surface area (Å²) in [5.74, 6) is 0.316. The minimum absolute atomic E-state index is 0.00264. The van der Waals surface area contributed by atoms with E-state index >= 15 is 0 Å². The first-order valence-corrected chi connectivity index (χ1v) is 8.88. The molecule has 0 aromatic heterocycles. The van der Waals surface area contributed by atoms with Crippen molar-refractivity contribution in [1.29, 1.82) is 0 Å². The minimum atomic E-state index is -3.74. The SMILES string of the molecule is COc1ccc(S(=O)(=O)Nc2cccc(C(=O)NC(C)C)c2)cc1. The molecule has 0 aliphatic heterocycles. The Bertz CT molecular complexity index is 815. The maximum Gasteiger partial charge on any atom is 0.261 e. The highest BCUT2D eigenvalue weighted by molar-refractivity contribution is 7.92. The Morgan fingerprint density at radius 1 is 1.08 bits per heavy atom. The Labute approximate surface area is 141 Å². The van der Waals surface area contributed by atoms with E-state index in [0.717, 1.165) is 0 Å². The first kappa shape index (κ1) is 17.8. The van der Waals surface area contributed by atoms with E-state index < -0.39 is 10.0 Å². The van der Waals surface area contributed by atoms with Gasteiger partial charge in [0.25, 0.3) is 15.9 Å². The van der Waals surface area contributed by atoms with Crippen molar-refractivity contribution in [2.75, 3.05) is 11.8 Å². The van der Waals surface area contributed by atoms with Crippen LogP contribution in [0.3, 0.4) is 0 Å². The Morgan fingerprint density at radius 2 is 1.75 bits per heavy atom. The lowest BCUT2D eigenvalue weighted by Crippen LogP contribution is -2.30. The average Bonchev–Trinajstić information content (AvgIpc) is 2.54. The molecule has 2 aromatic carbocycles. The molecule has 0 saturated heterocycles. The number of amides is 1. The van der Waals surface area contributed by atoms with E-state index in [4.69, 9.17) is 4.74 Å². The maximum atomic E-state index is 12.4. The standard InChI is InChI=1S/C17H20N2O4S/c1-12(2)18-17(20)13-5-4-6-14(11-13)19-24(21,22)16-9-7-15(23-3)8-10-16/h4-12,19H,1-3H3,(H,18,20). The third-order valence-electron chi connectivity index (χ3n) is 3.17. The summed E-state index contributed by atoms with van der Waals surface area (Å²) < 4.78 is 32.3. The largest absolute Gasteiger partial charge is 0.497 e. The number of anilines is 1. The van der Waals surface area contributed by atoms with Gasteiger partial charge in [-0.25, -0.2) is 8.42 Å². The summed E-state index contributed by atoms with van der Waals surface area (Å²) in [6, 6.07) is 12.4. The van der Waals surface area contributed by atoms with Crippen LogP contribution >= 0.6 is 0 Å². The maximum absolute atomic E-state index is 12.4. The summed E-state index contributed by atoms with van der Waals surface area (Å²) >= 11 is 0. The minimum Gasteiger partial charge on any atom is -0.497 e. The highest BCUT2D eigenvalue weighted by atomic mass is 32.2. The van der Waals surface area contributed by atoms with Crippen LogP contribution in [0.4, 0.5) is 5.69 Å². The Morgan fingerprint density at radius 3 is 2.33 bits per heavy atom. The third kappa shape index (κ3) is 4.48. The molecule has 0 spiro atoms. The highest BCUT2D eigenvalue weighted by Crippen LogP contribution is 2.19. The summed E-state index contributed by atoms with van der Waals surface area (Å²) in [5, 5.41) is 2.76. The molecule has 6 nitrogen and oxygen atoms in total.